The maximum atomic E-state index is 11.8. The maximum Gasteiger partial charge on any atom is 0.319 e. The average molecular weight is 318 g/mol. The fraction of sp³-hybridized carbons (Fsp3) is 0.154. The van der Waals surface area contributed by atoms with Crippen LogP contribution in [0.25, 0.3) is 0 Å². The Hall–Kier alpha value is -1.16. The summed E-state index contributed by atoms with van der Waals surface area (Å²) in [6, 6.07) is 4.53. The third-order valence-electron chi connectivity index (χ3n) is 2.55. The van der Waals surface area contributed by atoms with Crippen LogP contribution in [0.5, 0.6) is 0 Å². The van der Waals surface area contributed by atoms with Crippen molar-refractivity contribution in [3.63, 3.8) is 0 Å². The first-order valence-electron chi connectivity index (χ1n) is 5.61. The Morgan fingerprint density at radius 3 is 2.63 bits per heavy atom. The van der Waals surface area contributed by atoms with Crippen molar-refractivity contribution >= 4 is 46.5 Å². The Morgan fingerprint density at radius 2 is 2.00 bits per heavy atom. The van der Waals surface area contributed by atoms with E-state index in [9.17, 15) is 4.79 Å². The van der Waals surface area contributed by atoms with Gasteiger partial charge in [0.15, 0.2) is 0 Å². The highest BCUT2D eigenvalue weighted by Crippen LogP contribution is 2.25. The third kappa shape index (κ3) is 4.16. The minimum Gasteiger partial charge on any atom is -0.331 e. The van der Waals surface area contributed by atoms with Crippen LogP contribution in [0.15, 0.2) is 41.5 Å². The summed E-state index contributed by atoms with van der Waals surface area (Å²) >= 11 is 17.5. The van der Waals surface area contributed by atoms with E-state index < -0.39 is 0 Å². The number of allylic oxidation sites excluding steroid dienone is 2. The number of urea groups is 1. The Labute approximate surface area is 126 Å². The first-order valence-corrected chi connectivity index (χ1v) is 6.74. The van der Waals surface area contributed by atoms with Crippen molar-refractivity contribution in [2.75, 3.05) is 5.32 Å². The monoisotopic (exact) mass is 316 g/mol. The van der Waals surface area contributed by atoms with Crippen LogP contribution >= 0.6 is 34.8 Å². The van der Waals surface area contributed by atoms with Crippen LogP contribution in [0.4, 0.5) is 10.5 Å². The van der Waals surface area contributed by atoms with Gasteiger partial charge in [0.05, 0.1) is 16.1 Å². The van der Waals surface area contributed by atoms with Gasteiger partial charge < -0.3 is 10.6 Å². The Morgan fingerprint density at radius 1 is 1.21 bits per heavy atom. The van der Waals surface area contributed by atoms with E-state index in [0.717, 1.165) is 0 Å². The predicted molar refractivity (Wildman–Crippen MR) is 80.1 cm³/mol. The van der Waals surface area contributed by atoms with Gasteiger partial charge in [0.25, 0.3) is 0 Å². The van der Waals surface area contributed by atoms with E-state index in [1.54, 1.807) is 24.3 Å². The predicted octanol–water partition coefficient (Wildman–Crippen LogP) is 4.57. The zero-order chi connectivity index (χ0) is 13.8. The number of carbonyl (C=O) groups excluding carboxylic acids is 1. The summed E-state index contributed by atoms with van der Waals surface area (Å²) in [6.07, 6.45) is 6.13. The molecule has 0 aliphatic heterocycles. The number of carbonyl (C=O) groups is 1. The average Bonchev–Trinajstić information content (AvgIpc) is 2.37. The molecule has 2 rings (SSSR count). The van der Waals surface area contributed by atoms with Crippen LogP contribution in [0.2, 0.25) is 10.0 Å². The van der Waals surface area contributed by atoms with E-state index in [1.807, 2.05) is 12.2 Å². The molecule has 1 atom stereocenters. The van der Waals surface area contributed by atoms with Crippen molar-refractivity contribution in [2.45, 2.75) is 12.5 Å². The summed E-state index contributed by atoms with van der Waals surface area (Å²) in [6.45, 7) is 0. The molecule has 1 unspecified atom stereocenters. The Balaban J connectivity index is 1.91. The smallest absolute Gasteiger partial charge is 0.319 e. The summed E-state index contributed by atoms with van der Waals surface area (Å²) in [5.74, 6) is 0. The molecule has 0 bridgehead atoms. The molecule has 1 aromatic carbocycles. The molecule has 0 radical (unpaired) electrons. The van der Waals surface area contributed by atoms with Gasteiger partial charge in [-0.15, -0.1) is 0 Å². The number of rotatable bonds is 2. The lowest BCUT2D eigenvalue weighted by molar-refractivity contribution is 0.250. The lowest BCUT2D eigenvalue weighted by Crippen LogP contribution is -2.37. The van der Waals surface area contributed by atoms with Gasteiger partial charge in [0.2, 0.25) is 0 Å². The topological polar surface area (TPSA) is 41.1 Å². The van der Waals surface area contributed by atoms with Crippen LogP contribution in [0, 0.1) is 0 Å². The normalized spacial score (nSPS) is 17.8. The fourth-order valence-electron chi connectivity index (χ4n) is 1.61. The second-order valence-electron chi connectivity index (χ2n) is 4.02. The van der Waals surface area contributed by atoms with E-state index in [0.29, 0.717) is 27.2 Å². The Kier molecular flexibility index (Phi) is 4.75. The van der Waals surface area contributed by atoms with Crippen LogP contribution in [0.3, 0.4) is 0 Å². The SMILES string of the molecule is O=C(Nc1ccc(Cl)c(Cl)c1)NC1C=CC(Cl)=CC1. The van der Waals surface area contributed by atoms with Crippen LogP contribution in [-0.2, 0) is 0 Å². The van der Waals surface area contributed by atoms with Crippen molar-refractivity contribution in [1.82, 2.24) is 5.32 Å². The van der Waals surface area contributed by atoms with E-state index in [-0.39, 0.29) is 12.1 Å². The van der Waals surface area contributed by atoms with Crippen molar-refractivity contribution in [3.8, 4) is 0 Å². The molecule has 0 saturated carbocycles. The number of nitrogens with one attached hydrogen (secondary N) is 2. The molecule has 1 aliphatic rings. The minimum atomic E-state index is -0.306. The molecule has 6 heteroatoms. The molecule has 100 valence electrons. The molecule has 2 amide bonds. The van der Waals surface area contributed by atoms with Gasteiger partial charge in [0.1, 0.15) is 0 Å². The number of hydrogen-bond donors (Lipinski definition) is 2. The molecule has 19 heavy (non-hydrogen) atoms. The molecule has 1 aromatic rings. The molecule has 0 aromatic heterocycles. The van der Waals surface area contributed by atoms with Gasteiger partial charge in [0, 0.05) is 10.7 Å². The Bertz CT molecular complexity index is 555. The highest BCUT2D eigenvalue weighted by molar-refractivity contribution is 6.42. The van der Waals surface area contributed by atoms with Crippen molar-refractivity contribution in [2.24, 2.45) is 0 Å². The molecule has 1 aliphatic carbocycles. The summed E-state index contributed by atoms with van der Waals surface area (Å²) in [5, 5.41) is 7.02. The zero-order valence-electron chi connectivity index (χ0n) is 9.79. The molecule has 0 saturated heterocycles. The summed E-state index contributed by atoms with van der Waals surface area (Å²) in [4.78, 5) is 11.8. The van der Waals surface area contributed by atoms with Gasteiger partial charge in [-0.1, -0.05) is 47.0 Å². The molecular weight excluding hydrogens is 307 g/mol. The van der Waals surface area contributed by atoms with Crippen molar-refractivity contribution in [1.29, 1.82) is 0 Å². The van der Waals surface area contributed by atoms with Crippen LogP contribution in [0.1, 0.15) is 6.42 Å². The van der Waals surface area contributed by atoms with Gasteiger partial charge in [-0.25, -0.2) is 4.79 Å². The summed E-state index contributed by atoms with van der Waals surface area (Å²) in [5.41, 5.74) is 0.584. The second kappa shape index (κ2) is 6.33. The van der Waals surface area contributed by atoms with E-state index in [1.165, 1.54) is 0 Å². The molecule has 0 fully saturated rings. The number of anilines is 1. The molecular formula is C13H11Cl3N2O. The largest absolute Gasteiger partial charge is 0.331 e. The zero-order valence-corrected chi connectivity index (χ0v) is 12.1. The second-order valence-corrected chi connectivity index (χ2v) is 5.27. The minimum absolute atomic E-state index is 0.0646. The summed E-state index contributed by atoms with van der Waals surface area (Å²) in [7, 11) is 0. The summed E-state index contributed by atoms with van der Waals surface area (Å²) < 4.78 is 0. The van der Waals surface area contributed by atoms with Gasteiger partial charge >= 0.3 is 6.03 Å². The molecule has 0 heterocycles. The highest BCUT2D eigenvalue weighted by atomic mass is 35.5. The lowest BCUT2D eigenvalue weighted by Gasteiger charge is -2.16. The lowest BCUT2D eigenvalue weighted by atomic mass is 10.1. The first kappa shape index (κ1) is 14.3. The number of hydrogen-bond acceptors (Lipinski definition) is 1. The van der Waals surface area contributed by atoms with Crippen LogP contribution in [-0.4, -0.2) is 12.1 Å². The highest BCUT2D eigenvalue weighted by Gasteiger charge is 2.11. The first-order chi connectivity index (χ1) is 9.04. The number of benzene rings is 1. The van der Waals surface area contributed by atoms with Gasteiger partial charge in [-0.2, -0.15) is 0 Å². The van der Waals surface area contributed by atoms with E-state index in [4.69, 9.17) is 34.8 Å². The molecule has 0 spiro atoms. The number of amides is 2. The molecule has 2 N–H and O–H groups in total. The van der Waals surface area contributed by atoms with E-state index in [2.05, 4.69) is 10.6 Å². The quantitative estimate of drug-likeness (QED) is 0.824. The standard InChI is InChI=1S/C13H11Cl3N2O/c14-8-1-3-9(4-2-8)17-13(19)18-10-5-6-11(15)12(16)7-10/h1-3,5-7,9H,4H2,(H2,17,18,19). The number of halogens is 3. The van der Waals surface area contributed by atoms with Crippen molar-refractivity contribution < 1.29 is 4.79 Å². The maximum absolute atomic E-state index is 11.8. The molecule has 3 nitrogen and oxygen atoms in total. The van der Waals surface area contributed by atoms with Crippen LogP contribution < -0.4 is 10.6 Å². The fourth-order valence-corrected chi connectivity index (χ4v) is 2.07. The van der Waals surface area contributed by atoms with Gasteiger partial charge in [-0.05, 0) is 30.7 Å². The third-order valence-corrected chi connectivity index (χ3v) is 3.57. The van der Waals surface area contributed by atoms with E-state index >= 15 is 0 Å². The van der Waals surface area contributed by atoms with Gasteiger partial charge in [-0.3, -0.25) is 0 Å². The van der Waals surface area contributed by atoms with Crippen molar-refractivity contribution in [3.05, 3.63) is 51.5 Å².